The summed E-state index contributed by atoms with van der Waals surface area (Å²) >= 11 is 0. The zero-order valence-corrected chi connectivity index (χ0v) is 20.5. The first-order chi connectivity index (χ1) is 16.8. The van der Waals surface area contributed by atoms with Crippen LogP contribution in [0.2, 0.25) is 0 Å². The molecule has 2 unspecified atom stereocenters. The summed E-state index contributed by atoms with van der Waals surface area (Å²) in [4.78, 5) is 38.8. The van der Waals surface area contributed by atoms with Crippen molar-refractivity contribution in [2.75, 3.05) is 13.2 Å². The minimum Gasteiger partial charge on any atom is -0.480 e. The molecule has 35 heavy (non-hydrogen) atoms. The number of hydrogen-bond donors (Lipinski definition) is 2. The number of amides is 2. The Morgan fingerprint density at radius 1 is 1.09 bits per heavy atom. The van der Waals surface area contributed by atoms with Crippen LogP contribution in [0.5, 0.6) is 0 Å². The number of carboxylic acid groups (broad SMARTS) is 1. The number of carboxylic acids is 1. The van der Waals surface area contributed by atoms with Crippen LogP contribution < -0.4 is 5.32 Å². The number of hydrogen-bond acceptors (Lipinski definition) is 4. The van der Waals surface area contributed by atoms with Crippen molar-refractivity contribution in [1.82, 2.24) is 10.2 Å². The highest BCUT2D eigenvalue weighted by atomic mass is 16.5. The summed E-state index contributed by atoms with van der Waals surface area (Å²) in [6.45, 7) is 4.26. The van der Waals surface area contributed by atoms with Gasteiger partial charge in [-0.1, -0.05) is 55.5 Å². The third-order valence-corrected chi connectivity index (χ3v) is 7.52. The van der Waals surface area contributed by atoms with E-state index in [1.807, 2.05) is 31.2 Å². The lowest BCUT2D eigenvalue weighted by Crippen LogP contribution is -2.57. The lowest BCUT2D eigenvalue weighted by Gasteiger charge is -2.41. The number of alkyl carbamates (subject to hydrolysis) is 1. The summed E-state index contributed by atoms with van der Waals surface area (Å²) in [6, 6.07) is 16.1. The van der Waals surface area contributed by atoms with Crippen LogP contribution in [0.25, 0.3) is 11.1 Å². The van der Waals surface area contributed by atoms with E-state index < -0.39 is 17.6 Å². The molecule has 2 N–H and O–H groups in total. The zero-order chi connectivity index (χ0) is 25.0. The van der Waals surface area contributed by atoms with Crippen molar-refractivity contribution >= 4 is 18.0 Å². The maximum atomic E-state index is 12.9. The Morgan fingerprint density at radius 3 is 2.31 bits per heavy atom. The number of piperidine rings is 1. The quantitative estimate of drug-likeness (QED) is 0.560. The van der Waals surface area contributed by atoms with Crippen LogP contribution in [-0.2, 0) is 14.3 Å². The monoisotopic (exact) mass is 478 g/mol. The molecule has 1 fully saturated rings. The SMILES string of the molecule is CCC(CCC(=O)N1CCCCC1(C)C(=O)O)NC(=O)OCC1c2ccccc2-c2ccccc21. The molecule has 186 valence electrons. The molecular weight excluding hydrogens is 444 g/mol. The summed E-state index contributed by atoms with van der Waals surface area (Å²) in [5, 5.41) is 12.6. The molecule has 2 atom stereocenters. The number of carbonyl (C=O) groups excluding carboxylic acids is 2. The van der Waals surface area contributed by atoms with Crippen molar-refractivity contribution in [3.05, 3.63) is 59.7 Å². The molecule has 2 amide bonds. The standard InChI is InChI=1S/C28H34N2O5/c1-3-19(14-15-25(31)30-17-9-8-16-28(30,2)26(32)33)29-27(34)35-18-24-22-12-6-4-10-20(22)21-11-5-7-13-23(21)24/h4-7,10-13,19,24H,3,8-9,14-18H2,1-2H3,(H,29,34)(H,32,33). The summed E-state index contributed by atoms with van der Waals surface area (Å²) in [5.41, 5.74) is 3.50. The van der Waals surface area contributed by atoms with Crippen LogP contribution >= 0.6 is 0 Å². The van der Waals surface area contributed by atoms with Gasteiger partial charge in [-0.2, -0.15) is 0 Å². The fraction of sp³-hybridized carbons (Fsp3) is 0.464. The third-order valence-electron chi connectivity index (χ3n) is 7.52. The Kier molecular flexibility index (Phi) is 7.43. The van der Waals surface area contributed by atoms with Crippen LogP contribution in [0.1, 0.15) is 69.4 Å². The van der Waals surface area contributed by atoms with Gasteiger partial charge in [0, 0.05) is 24.9 Å². The van der Waals surface area contributed by atoms with Crippen LogP contribution in [0.4, 0.5) is 4.79 Å². The molecule has 4 rings (SSSR count). The second kappa shape index (κ2) is 10.5. The topological polar surface area (TPSA) is 95.9 Å². The molecule has 7 heteroatoms. The summed E-state index contributed by atoms with van der Waals surface area (Å²) in [6.07, 6.45) is 2.84. The molecule has 0 saturated carbocycles. The van der Waals surface area contributed by atoms with Gasteiger partial charge in [-0.15, -0.1) is 0 Å². The van der Waals surface area contributed by atoms with Crippen LogP contribution in [-0.4, -0.2) is 52.7 Å². The minimum atomic E-state index is -1.16. The molecule has 1 heterocycles. The van der Waals surface area contributed by atoms with Crippen molar-refractivity contribution < 1.29 is 24.2 Å². The van der Waals surface area contributed by atoms with Crippen LogP contribution in [0.15, 0.2) is 48.5 Å². The van der Waals surface area contributed by atoms with E-state index in [1.54, 1.807) is 6.92 Å². The smallest absolute Gasteiger partial charge is 0.407 e. The van der Waals surface area contributed by atoms with Crippen LogP contribution in [0, 0.1) is 0 Å². The van der Waals surface area contributed by atoms with Crippen molar-refractivity contribution in [3.63, 3.8) is 0 Å². The minimum absolute atomic E-state index is 0.0115. The normalized spacial score (nSPS) is 20.0. The number of carbonyl (C=O) groups is 3. The van der Waals surface area contributed by atoms with Gasteiger partial charge in [0.15, 0.2) is 0 Å². The molecule has 1 saturated heterocycles. The largest absolute Gasteiger partial charge is 0.480 e. The van der Waals surface area contributed by atoms with Gasteiger partial charge in [-0.25, -0.2) is 9.59 Å². The lowest BCUT2D eigenvalue weighted by molar-refractivity contribution is -0.161. The lowest BCUT2D eigenvalue weighted by atomic mass is 9.88. The Bertz CT molecular complexity index is 1050. The summed E-state index contributed by atoms with van der Waals surface area (Å²) in [7, 11) is 0. The van der Waals surface area contributed by atoms with Crippen molar-refractivity contribution in [1.29, 1.82) is 0 Å². The highest BCUT2D eigenvalue weighted by Gasteiger charge is 2.43. The Balaban J connectivity index is 1.32. The molecule has 0 radical (unpaired) electrons. The average molecular weight is 479 g/mol. The van der Waals surface area contributed by atoms with E-state index in [2.05, 4.69) is 29.6 Å². The molecule has 0 aromatic heterocycles. The van der Waals surface area contributed by atoms with Gasteiger partial charge < -0.3 is 20.1 Å². The molecule has 1 aliphatic carbocycles. The first-order valence-corrected chi connectivity index (χ1v) is 12.5. The number of ether oxygens (including phenoxy) is 1. The second-order valence-electron chi connectivity index (χ2n) is 9.70. The molecule has 2 aromatic carbocycles. The van der Waals surface area contributed by atoms with E-state index in [1.165, 1.54) is 16.0 Å². The number of nitrogens with one attached hydrogen (secondary N) is 1. The van der Waals surface area contributed by atoms with E-state index >= 15 is 0 Å². The highest BCUT2D eigenvalue weighted by molar-refractivity contribution is 5.87. The van der Waals surface area contributed by atoms with Gasteiger partial charge in [0.1, 0.15) is 12.1 Å². The van der Waals surface area contributed by atoms with E-state index in [0.717, 1.165) is 24.0 Å². The number of aliphatic carboxylic acids is 1. The third kappa shape index (κ3) is 5.04. The van der Waals surface area contributed by atoms with E-state index in [-0.39, 0.29) is 30.9 Å². The molecule has 0 bridgehead atoms. The molecule has 2 aromatic rings. The molecule has 2 aliphatic rings. The number of benzene rings is 2. The molecule has 1 aliphatic heterocycles. The number of rotatable bonds is 8. The Labute approximate surface area is 206 Å². The van der Waals surface area contributed by atoms with Gasteiger partial charge in [0.25, 0.3) is 0 Å². The predicted molar refractivity (Wildman–Crippen MR) is 133 cm³/mol. The Morgan fingerprint density at radius 2 is 1.71 bits per heavy atom. The second-order valence-corrected chi connectivity index (χ2v) is 9.70. The van der Waals surface area contributed by atoms with Crippen LogP contribution in [0.3, 0.4) is 0 Å². The predicted octanol–water partition coefficient (Wildman–Crippen LogP) is 4.94. The van der Waals surface area contributed by atoms with Crippen molar-refractivity contribution in [2.24, 2.45) is 0 Å². The maximum absolute atomic E-state index is 12.9. The van der Waals surface area contributed by atoms with Gasteiger partial charge in [0.2, 0.25) is 5.91 Å². The molecular formula is C28H34N2O5. The van der Waals surface area contributed by atoms with Crippen molar-refractivity contribution in [2.45, 2.75) is 69.9 Å². The first kappa shape index (κ1) is 24.8. The van der Waals surface area contributed by atoms with E-state index in [0.29, 0.717) is 25.8 Å². The molecule has 7 nitrogen and oxygen atoms in total. The summed E-state index contributed by atoms with van der Waals surface area (Å²) < 4.78 is 5.64. The number of fused-ring (bicyclic) bond motifs is 3. The average Bonchev–Trinajstić information content (AvgIpc) is 3.19. The zero-order valence-electron chi connectivity index (χ0n) is 20.5. The summed E-state index contributed by atoms with van der Waals surface area (Å²) in [5.74, 6) is -1.15. The fourth-order valence-electron chi connectivity index (χ4n) is 5.36. The first-order valence-electron chi connectivity index (χ1n) is 12.5. The van der Waals surface area contributed by atoms with Gasteiger partial charge in [0.05, 0.1) is 0 Å². The fourth-order valence-corrected chi connectivity index (χ4v) is 5.36. The number of nitrogens with zero attached hydrogens (tertiary/aromatic N) is 1. The van der Waals surface area contributed by atoms with Gasteiger partial charge in [-0.05, 0) is 61.3 Å². The van der Waals surface area contributed by atoms with E-state index in [9.17, 15) is 19.5 Å². The molecule has 0 spiro atoms. The Hall–Kier alpha value is -3.35. The van der Waals surface area contributed by atoms with Gasteiger partial charge in [-0.3, -0.25) is 4.79 Å². The number of likely N-dealkylation sites (tertiary alicyclic amines) is 1. The van der Waals surface area contributed by atoms with Gasteiger partial charge >= 0.3 is 12.1 Å². The van der Waals surface area contributed by atoms with E-state index in [4.69, 9.17) is 4.74 Å². The van der Waals surface area contributed by atoms with Crippen molar-refractivity contribution in [3.8, 4) is 11.1 Å². The maximum Gasteiger partial charge on any atom is 0.407 e. The highest BCUT2D eigenvalue weighted by Crippen LogP contribution is 2.44.